The molecule has 0 saturated heterocycles. The van der Waals surface area contributed by atoms with Crippen LogP contribution < -0.4 is 16.4 Å². The predicted molar refractivity (Wildman–Crippen MR) is 137 cm³/mol. The average molecular weight is 508 g/mol. The Labute approximate surface area is 216 Å². The molecule has 4 N–H and O–H groups in total. The molecule has 37 heavy (non-hydrogen) atoms. The Morgan fingerprint density at radius 3 is 2.22 bits per heavy atom. The molecule has 196 valence electrons. The lowest BCUT2D eigenvalue weighted by Crippen LogP contribution is -2.54. The standard InChI is InChI=1S/C27H33N5O5/c1-18-10-12-20(13-11-18)23(24(34)30-17-19-8-6-5-7-9-19)32(15-14-28)25(35)21(16-22(29)33)31-26(36)37-27(2,3)4/h5-13,21,23H,15-17H2,1-4H3,(H2,29,33)(H,30,34)(H,31,36). The van der Waals surface area contributed by atoms with Gasteiger partial charge in [0.1, 0.15) is 24.2 Å². The van der Waals surface area contributed by atoms with E-state index in [2.05, 4.69) is 10.6 Å². The first-order valence-corrected chi connectivity index (χ1v) is 11.7. The minimum atomic E-state index is -1.45. The summed E-state index contributed by atoms with van der Waals surface area (Å²) in [4.78, 5) is 52.3. The summed E-state index contributed by atoms with van der Waals surface area (Å²) < 4.78 is 5.22. The van der Waals surface area contributed by atoms with Crippen LogP contribution >= 0.6 is 0 Å². The number of nitrogens with one attached hydrogen (secondary N) is 2. The number of primary amides is 1. The van der Waals surface area contributed by atoms with Crippen LogP contribution in [0, 0.1) is 18.3 Å². The number of nitrogens with zero attached hydrogens (tertiary/aromatic N) is 2. The lowest BCUT2D eigenvalue weighted by atomic mass is 10.0. The first kappa shape index (κ1) is 28.8. The third-order valence-electron chi connectivity index (χ3n) is 5.18. The van der Waals surface area contributed by atoms with E-state index >= 15 is 0 Å². The van der Waals surface area contributed by atoms with Crippen molar-refractivity contribution in [3.8, 4) is 6.07 Å². The second-order valence-corrected chi connectivity index (χ2v) is 9.51. The first-order valence-electron chi connectivity index (χ1n) is 11.7. The molecule has 0 fully saturated rings. The van der Waals surface area contributed by atoms with Crippen molar-refractivity contribution in [1.82, 2.24) is 15.5 Å². The molecule has 0 bridgehead atoms. The summed E-state index contributed by atoms with van der Waals surface area (Å²) in [6.07, 6.45) is -1.49. The number of aryl methyl sites for hydroxylation is 1. The van der Waals surface area contributed by atoms with Gasteiger partial charge in [-0.15, -0.1) is 0 Å². The number of nitrogens with two attached hydrogens (primary N) is 1. The highest BCUT2D eigenvalue weighted by Crippen LogP contribution is 2.24. The molecular formula is C27H33N5O5. The van der Waals surface area contributed by atoms with Crippen LogP contribution in [0.4, 0.5) is 4.79 Å². The average Bonchev–Trinajstić information content (AvgIpc) is 2.82. The Kier molecular flexibility index (Phi) is 10.2. The fraction of sp³-hybridized carbons (Fsp3) is 0.370. The molecule has 2 rings (SSSR count). The minimum absolute atomic E-state index is 0.192. The smallest absolute Gasteiger partial charge is 0.408 e. The van der Waals surface area contributed by atoms with Crippen LogP contribution in [-0.4, -0.2) is 46.9 Å². The largest absolute Gasteiger partial charge is 0.444 e. The van der Waals surface area contributed by atoms with Crippen molar-refractivity contribution >= 4 is 23.8 Å². The van der Waals surface area contributed by atoms with Crippen LogP contribution in [-0.2, 0) is 25.7 Å². The highest BCUT2D eigenvalue weighted by molar-refractivity contribution is 5.94. The zero-order chi connectivity index (χ0) is 27.6. The third-order valence-corrected chi connectivity index (χ3v) is 5.18. The van der Waals surface area contributed by atoms with Gasteiger partial charge in [-0.2, -0.15) is 5.26 Å². The van der Waals surface area contributed by atoms with Crippen LogP contribution in [0.1, 0.15) is 49.9 Å². The second kappa shape index (κ2) is 13.1. The maximum atomic E-state index is 13.6. The second-order valence-electron chi connectivity index (χ2n) is 9.51. The third kappa shape index (κ3) is 9.29. The molecule has 10 nitrogen and oxygen atoms in total. The SMILES string of the molecule is Cc1ccc(C(C(=O)NCc2ccccc2)N(CC#N)C(=O)C(CC(N)=O)NC(=O)OC(C)(C)C)cc1. The van der Waals surface area contributed by atoms with Crippen molar-refractivity contribution in [3.05, 3.63) is 71.3 Å². The van der Waals surface area contributed by atoms with Crippen LogP contribution in [0.2, 0.25) is 0 Å². The number of rotatable bonds is 10. The van der Waals surface area contributed by atoms with E-state index in [1.165, 1.54) is 0 Å². The number of nitriles is 1. The predicted octanol–water partition coefficient (Wildman–Crippen LogP) is 2.47. The molecule has 2 unspecified atom stereocenters. The Bertz CT molecular complexity index is 1140. The number of hydrogen-bond acceptors (Lipinski definition) is 6. The van der Waals surface area contributed by atoms with E-state index in [0.717, 1.165) is 16.0 Å². The summed E-state index contributed by atoms with van der Waals surface area (Å²) in [5, 5.41) is 14.7. The fourth-order valence-electron chi connectivity index (χ4n) is 3.53. The van der Waals surface area contributed by atoms with E-state index in [4.69, 9.17) is 10.5 Å². The van der Waals surface area contributed by atoms with E-state index in [1.54, 1.807) is 45.0 Å². The van der Waals surface area contributed by atoms with Crippen molar-refractivity contribution in [2.24, 2.45) is 5.73 Å². The molecule has 2 atom stereocenters. The molecule has 0 aliphatic rings. The number of alkyl carbamates (subject to hydrolysis) is 1. The molecule has 2 aromatic rings. The quantitative estimate of drug-likeness (QED) is 0.420. The Balaban J connectivity index is 2.42. The van der Waals surface area contributed by atoms with Crippen molar-refractivity contribution in [2.75, 3.05) is 6.54 Å². The van der Waals surface area contributed by atoms with E-state index in [0.29, 0.717) is 5.56 Å². The van der Waals surface area contributed by atoms with Crippen molar-refractivity contribution in [1.29, 1.82) is 5.26 Å². The zero-order valence-electron chi connectivity index (χ0n) is 21.5. The van der Waals surface area contributed by atoms with E-state index in [1.807, 2.05) is 43.3 Å². The summed E-state index contributed by atoms with van der Waals surface area (Å²) in [6.45, 7) is 6.51. The molecular weight excluding hydrogens is 474 g/mol. The topological polar surface area (TPSA) is 155 Å². The lowest BCUT2D eigenvalue weighted by Gasteiger charge is -2.32. The van der Waals surface area contributed by atoms with E-state index in [-0.39, 0.29) is 6.54 Å². The van der Waals surface area contributed by atoms with Crippen LogP contribution in [0.3, 0.4) is 0 Å². The molecule has 10 heteroatoms. The molecule has 2 aromatic carbocycles. The Morgan fingerprint density at radius 1 is 1.05 bits per heavy atom. The normalized spacial score (nSPS) is 12.4. The number of benzene rings is 2. The van der Waals surface area contributed by atoms with Gasteiger partial charge >= 0.3 is 6.09 Å². The molecule has 4 amide bonds. The fourth-order valence-corrected chi connectivity index (χ4v) is 3.53. The highest BCUT2D eigenvalue weighted by atomic mass is 16.6. The number of hydrogen-bond donors (Lipinski definition) is 3. The van der Waals surface area contributed by atoms with Gasteiger partial charge in [-0.05, 0) is 38.8 Å². The highest BCUT2D eigenvalue weighted by Gasteiger charge is 2.37. The molecule has 0 aliphatic heterocycles. The Morgan fingerprint density at radius 2 is 1.68 bits per heavy atom. The summed E-state index contributed by atoms with van der Waals surface area (Å²) in [6, 6.07) is 15.4. The monoisotopic (exact) mass is 507 g/mol. The van der Waals surface area contributed by atoms with Crippen molar-refractivity contribution in [3.63, 3.8) is 0 Å². The van der Waals surface area contributed by atoms with E-state index in [9.17, 15) is 24.4 Å². The van der Waals surface area contributed by atoms with E-state index < -0.39 is 54.5 Å². The number of carbonyl (C=O) groups excluding carboxylic acids is 4. The molecule has 0 spiro atoms. The van der Waals surface area contributed by atoms with Crippen molar-refractivity contribution in [2.45, 2.75) is 58.3 Å². The van der Waals surface area contributed by atoms with Gasteiger partial charge in [0.15, 0.2) is 0 Å². The maximum absolute atomic E-state index is 13.6. The Hall–Kier alpha value is -4.39. The summed E-state index contributed by atoms with van der Waals surface area (Å²) in [7, 11) is 0. The van der Waals surface area contributed by atoms with Gasteiger partial charge in [0.05, 0.1) is 12.5 Å². The van der Waals surface area contributed by atoms with Gasteiger partial charge in [-0.3, -0.25) is 14.4 Å². The summed E-state index contributed by atoms with van der Waals surface area (Å²) in [5.41, 5.74) is 6.71. The molecule has 0 aromatic heterocycles. The van der Waals surface area contributed by atoms with Gasteiger partial charge in [0, 0.05) is 6.54 Å². The molecule has 0 heterocycles. The minimum Gasteiger partial charge on any atom is -0.444 e. The lowest BCUT2D eigenvalue weighted by molar-refractivity contribution is -0.142. The van der Waals surface area contributed by atoms with Crippen LogP contribution in [0.25, 0.3) is 0 Å². The van der Waals surface area contributed by atoms with Gasteiger partial charge in [0.2, 0.25) is 17.7 Å². The van der Waals surface area contributed by atoms with Gasteiger partial charge in [-0.1, -0.05) is 60.2 Å². The van der Waals surface area contributed by atoms with Crippen molar-refractivity contribution < 1.29 is 23.9 Å². The summed E-state index contributed by atoms with van der Waals surface area (Å²) in [5.74, 6) is -2.22. The number of ether oxygens (including phenoxy) is 1. The van der Waals surface area contributed by atoms with Crippen LogP contribution in [0.5, 0.6) is 0 Å². The molecule has 0 aliphatic carbocycles. The van der Waals surface area contributed by atoms with Crippen LogP contribution in [0.15, 0.2) is 54.6 Å². The first-order chi connectivity index (χ1) is 17.4. The molecule has 0 radical (unpaired) electrons. The van der Waals surface area contributed by atoms with Gasteiger partial charge in [0.25, 0.3) is 0 Å². The number of carbonyl (C=O) groups is 4. The van der Waals surface area contributed by atoms with Gasteiger partial charge in [-0.25, -0.2) is 4.79 Å². The van der Waals surface area contributed by atoms with Gasteiger partial charge < -0.3 is 26.0 Å². The number of amides is 4. The maximum Gasteiger partial charge on any atom is 0.408 e. The molecule has 0 saturated carbocycles. The summed E-state index contributed by atoms with van der Waals surface area (Å²) >= 11 is 0. The zero-order valence-corrected chi connectivity index (χ0v) is 21.5.